The second-order valence-electron chi connectivity index (χ2n) is 4.04. The molecule has 1 aliphatic carbocycles. The molecule has 18 heavy (non-hydrogen) atoms. The second-order valence-corrected chi connectivity index (χ2v) is 4.48. The van der Waals surface area contributed by atoms with Crippen molar-refractivity contribution in [1.29, 1.82) is 0 Å². The van der Waals surface area contributed by atoms with Gasteiger partial charge in [0, 0.05) is 18.4 Å². The van der Waals surface area contributed by atoms with Gasteiger partial charge in [0.25, 0.3) is 0 Å². The summed E-state index contributed by atoms with van der Waals surface area (Å²) in [6.07, 6.45) is 0.912. The number of benzene rings is 1. The van der Waals surface area contributed by atoms with E-state index in [1.54, 1.807) is 6.07 Å². The van der Waals surface area contributed by atoms with Crippen molar-refractivity contribution in [3.05, 3.63) is 28.3 Å². The van der Waals surface area contributed by atoms with Crippen molar-refractivity contribution < 1.29 is 14.8 Å². The number of halogens is 1. The number of rotatable bonds is 1. The molecule has 0 radical (unpaired) electrons. The number of ketones is 1. The largest absolute Gasteiger partial charge is 0.411 e. The van der Waals surface area contributed by atoms with Crippen LogP contribution in [0.25, 0.3) is 0 Å². The Morgan fingerprint density at radius 1 is 1.44 bits per heavy atom. The summed E-state index contributed by atoms with van der Waals surface area (Å²) in [4.78, 5) is 23.2. The fourth-order valence-corrected chi connectivity index (χ4v) is 2.26. The smallest absolute Gasteiger partial charge is 0.221 e. The third-order valence-corrected chi connectivity index (χ3v) is 2.95. The molecule has 0 saturated carbocycles. The molecule has 2 rings (SSSR count). The molecule has 0 heterocycles. The third-order valence-electron chi connectivity index (χ3n) is 2.74. The molecule has 1 aromatic rings. The highest BCUT2D eigenvalue weighted by atomic mass is 35.5. The summed E-state index contributed by atoms with van der Waals surface area (Å²) < 4.78 is 0. The average Bonchev–Trinajstić information content (AvgIpc) is 2.27. The van der Waals surface area contributed by atoms with Crippen LogP contribution in [-0.2, 0) is 11.2 Å². The monoisotopic (exact) mass is 266 g/mol. The van der Waals surface area contributed by atoms with E-state index in [0.29, 0.717) is 29.1 Å². The maximum Gasteiger partial charge on any atom is 0.221 e. The molecule has 1 amide bonds. The Morgan fingerprint density at radius 2 is 2.17 bits per heavy atom. The maximum atomic E-state index is 12.1. The molecule has 1 aliphatic rings. The van der Waals surface area contributed by atoms with E-state index in [1.165, 1.54) is 13.0 Å². The van der Waals surface area contributed by atoms with Crippen molar-refractivity contribution in [3.63, 3.8) is 0 Å². The first-order valence-electron chi connectivity index (χ1n) is 5.38. The Morgan fingerprint density at radius 3 is 2.78 bits per heavy atom. The van der Waals surface area contributed by atoms with Crippen LogP contribution in [0.3, 0.4) is 0 Å². The van der Waals surface area contributed by atoms with Gasteiger partial charge in [0.1, 0.15) is 5.71 Å². The average molecular weight is 267 g/mol. The summed E-state index contributed by atoms with van der Waals surface area (Å²) in [5.41, 5.74) is 1.56. The van der Waals surface area contributed by atoms with Crippen LogP contribution >= 0.6 is 11.6 Å². The second kappa shape index (κ2) is 4.78. The van der Waals surface area contributed by atoms with E-state index in [-0.39, 0.29) is 17.4 Å². The van der Waals surface area contributed by atoms with E-state index >= 15 is 0 Å². The molecule has 94 valence electrons. The molecule has 0 unspecified atom stereocenters. The molecule has 0 saturated heterocycles. The van der Waals surface area contributed by atoms with E-state index in [4.69, 9.17) is 16.8 Å². The minimum atomic E-state index is -0.376. The number of anilines is 1. The predicted molar refractivity (Wildman–Crippen MR) is 67.6 cm³/mol. The molecule has 1 aromatic carbocycles. The zero-order valence-corrected chi connectivity index (χ0v) is 10.4. The van der Waals surface area contributed by atoms with Crippen LogP contribution in [0.2, 0.25) is 5.02 Å². The van der Waals surface area contributed by atoms with Gasteiger partial charge in [-0.05, 0) is 24.1 Å². The number of carbonyl (C=O) groups excluding carboxylic acids is 2. The SMILES string of the molecule is CC(=O)Nc1cc(Cl)cc2c1C(=O)/C(=N\O)CC2. The fraction of sp³-hybridized carbons (Fsp3) is 0.250. The molecular weight excluding hydrogens is 256 g/mol. The maximum absolute atomic E-state index is 12.1. The van der Waals surface area contributed by atoms with Gasteiger partial charge in [-0.25, -0.2) is 0 Å². The van der Waals surface area contributed by atoms with Gasteiger partial charge in [0.2, 0.25) is 11.7 Å². The van der Waals surface area contributed by atoms with Crippen LogP contribution in [-0.4, -0.2) is 22.6 Å². The predicted octanol–water partition coefficient (Wildman–Crippen LogP) is 2.26. The first kappa shape index (κ1) is 12.6. The zero-order chi connectivity index (χ0) is 13.3. The number of nitrogens with zero attached hydrogens (tertiary/aromatic N) is 1. The molecule has 2 N–H and O–H groups in total. The molecule has 0 aliphatic heterocycles. The lowest BCUT2D eigenvalue weighted by Crippen LogP contribution is -2.25. The molecular formula is C12H11ClN2O3. The van der Waals surface area contributed by atoms with Gasteiger partial charge in [-0.15, -0.1) is 0 Å². The molecule has 0 atom stereocenters. The van der Waals surface area contributed by atoms with Crippen molar-refractivity contribution >= 4 is 34.7 Å². The van der Waals surface area contributed by atoms with E-state index < -0.39 is 0 Å². The van der Waals surface area contributed by atoms with Crippen LogP contribution in [0.4, 0.5) is 5.69 Å². The highest BCUT2D eigenvalue weighted by Crippen LogP contribution is 2.30. The van der Waals surface area contributed by atoms with Gasteiger partial charge in [-0.1, -0.05) is 16.8 Å². The molecule has 5 nitrogen and oxygen atoms in total. The van der Waals surface area contributed by atoms with E-state index in [1.807, 2.05) is 0 Å². The van der Waals surface area contributed by atoms with Crippen LogP contribution < -0.4 is 5.32 Å². The quantitative estimate of drug-likeness (QED) is 0.604. The highest BCUT2D eigenvalue weighted by molar-refractivity contribution is 6.48. The number of nitrogens with one attached hydrogen (secondary N) is 1. The van der Waals surface area contributed by atoms with Gasteiger partial charge < -0.3 is 10.5 Å². The standard InChI is InChI=1S/C12H11ClN2O3/c1-6(16)14-10-5-8(13)4-7-2-3-9(15-18)12(17)11(7)10/h4-5,18H,2-3H2,1H3,(H,14,16)/b15-9-. The summed E-state index contributed by atoms with van der Waals surface area (Å²) in [6, 6.07) is 3.20. The first-order chi connectivity index (χ1) is 8.52. The van der Waals surface area contributed by atoms with Crippen LogP contribution in [0.1, 0.15) is 29.3 Å². The Labute approximate surface area is 108 Å². The van der Waals surface area contributed by atoms with Gasteiger partial charge >= 0.3 is 0 Å². The van der Waals surface area contributed by atoms with Crippen LogP contribution in [0.5, 0.6) is 0 Å². The van der Waals surface area contributed by atoms with Gasteiger partial charge in [-0.3, -0.25) is 9.59 Å². The normalized spacial score (nSPS) is 16.6. The minimum absolute atomic E-state index is 0.0939. The van der Waals surface area contributed by atoms with E-state index in [9.17, 15) is 9.59 Å². The van der Waals surface area contributed by atoms with Crippen molar-refractivity contribution in [3.8, 4) is 0 Å². The Hall–Kier alpha value is -1.88. The number of hydrogen-bond acceptors (Lipinski definition) is 4. The number of hydrogen-bond donors (Lipinski definition) is 2. The summed E-state index contributed by atoms with van der Waals surface area (Å²) in [7, 11) is 0. The number of oxime groups is 1. The summed E-state index contributed by atoms with van der Waals surface area (Å²) in [5, 5.41) is 14.8. The number of amides is 1. The van der Waals surface area contributed by atoms with Crippen molar-refractivity contribution in [2.24, 2.45) is 5.16 Å². The summed E-state index contributed by atoms with van der Waals surface area (Å²) in [6.45, 7) is 1.35. The molecule has 6 heteroatoms. The van der Waals surface area contributed by atoms with Crippen LogP contribution in [0, 0.1) is 0 Å². The Kier molecular flexibility index (Phi) is 3.34. The van der Waals surface area contributed by atoms with Gasteiger partial charge in [0.15, 0.2) is 0 Å². The first-order valence-corrected chi connectivity index (χ1v) is 5.76. The van der Waals surface area contributed by atoms with Crippen molar-refractivity contribution in [1.82, 2.24) is 0 Å². The van der Waals surface area contributed by atoms with Crippen LogP contribution in [0.15, 0.2) is 17.3 Å². The molecule has 0 fully saturated rings. The number of carbonyl (C=O) groups is 2. The van der Waals surface area contributed by atoms with E-state index in [2.05, 4.69) is 10.5 Å². The highest BCUT2D eigenvalue weighted by Gasteiger charge is 2.27. The van der Waals surface area contributed by atoms with Crippen molar-refractivity contribution in [2.45, 2.75) is 19.8 Å². The van der Waals surface area contributed by atoms with Gasteiger partial charge in [0.05, 0.1) is 11.3 Å². The zero-order valence-electron chi connectivity index (χ0n) is 9.66. The summed E-state index contributed by atoms with van der Waals surface area (Å²) in [5.74, 6) is -0.667. The van der Waals surface area contributed by atoms with Gasteiger partial charge in [-0.2, -0.15) is 0 Å². The van der Waals surface area contributed by atoms with Crippen molar-refractivity contribution in [2.75, 3.05) is 5.32 Å². The number of aryl methyl sites for hydroxylation is 1. The number of Topliss-reactive ketones (excluding diaryl/α,β-unsaturated/α-hetero) is 1. The Balaban J connectivity index is 2.58. The fourth-order valence-electron chi connectivity index (χ4n) is 2.02. The lowest BCUT2D eigenvalue weighted by atomic mass is 9.88. The molecule has 0 aromatic heterocycles. The lowest BCUT2D eigenvalue weighted by molar-refractivity contribution is -0.114. The topological polar surface area (TPSA) is 78.8 Å². The van der Waals surface area contributed by atoms with E-state index in [0.717, 1.165) is 5.56 Å². The third kappa shape index (κ3) is 2.22. The summed E-state index contributed by atoms with van der Waals surface area (Å²) >= 11 is 5.94. The lowest BCUT2D eigenvalue weighted by Gasteiger charge is -2.19. The molecule has 0 spiro atoms. The Bertz CT molecular complexity index is 567. The number of fused-ring (bicyclic) bond motifs is 1. The minimum Gasteiger partial charge on any atom is -0.411 e. The molecule has 0 bridgehead atoms.